The highest BCUT2D eigenvalue weighted by Gasteiger charge is 2.18. The summed E-state index contributed by atoms with van der Waals surface area (Å²) >= 11 is 1.63. The summed E-state index contributed by atoms with van der Waals surface area (Å²) in [6.07, 6.45) is 11.8. The Morgan fingerprint density at radius 1 is 1.09 bits per heavy atom. The van der Waals surface area contributed by atoms with Gasteiger partial charge in [0.05, 0.1) is 41.2 Å². The molecular weight excluding hydrogens is 432 g/mol. The number of aromatic nitrogens is 6. The van der Waals surface area contributed by atoms with Gasteiger partial charge in [0.2, 0.25) is 0 Å². The molecule has 1 aliphatic rings. The average molecular weight is 455 g/mol. The third-order valence-corrected chi connectivity index (χ3v) is 7.24. The first-order valence-electron chi connectivity index (χ1n) is 11.0. The van der Waals surface area contributed by atoms with Gasteiger partial charge in [-0.15, -0.1) is 0 Å². The summed E-state index contributed by atoms with van der Waals surface area (Å²) in [6.45, 7) is 2.02. The van der Waals surface area contributed by atoms with Gasteiger partial charge in [-0.2, -0.15) is 20.6 Å². The fourth-order valence-electron chi connectivity index (χ4n) is 4.48. The molecule has 9 heteroatoms. The van der Waals surface area contributed by atoms with Crippen LogP contribution < -0.4 is 5.32 Å². The first-order valence-corrected chi connectivity index (χ1v) is 11.8. The number of nitriles is 1. The number of piperidine rings is 1. The second-order valence-electron chi connectivity index (χ2n) is 8.36. The summed E-state index contributed by atoms with van der Waals surface area (Å²) in [5, 5.41) is 27.6. The highest BCUT2D eigenvalue weighted by atomic mass is 32.2. The molecule has 6 rings (SSSR count). The van der Waals surface area contributed by atoms with Crippen molar-refractivity contribution in [1.82, 2.24) is 34.5 Å². The van der Waals surface area contributed by atoms with Crippen molar-refractivity contribution in [1.29, 1.82) is 5.26 Å². The van der Waals surface area contributed by atoms with E-state index in [1.54, 1.807) is 22.5 Å². The fraction of sp³-hybridized carbons (Fsp3) is 0.250. The van der Waals surface area contributed by atoms with Crippen LogP contribution in [0.5, 0.6) is 0 Å². The van der Waals surface area contributed by atoms with Crippen LogP contribution in [0.4, 0.5) is 0 Å². The second kappa shape index (κ2) is 8.06. The van der Waals surface area contributed by atoms with Crippen molar-refractivity contribution in [2.24, 2.45) is 7.05 Å². The van der Waals surface area contributed by atoms with Crippen molar-refractivity contribution in [3.8, 4) is 17.2 Å². The van der Waals surface area contributed by atoms with Crippen LogP contribution in [0.15, 0.2) is 65.0 Å². The molecule has 0 bridgehead atoms. The van der Waals surface area contributed by atoms with E-state index in [1.807, 2.05) is 30.3 Å². The van der Waals surface area contributed by atoms with E-state index in [0.717, 1.165) is 63.3 Å². The summed E-state index contributed by atoms with van der Waals surface area (Å²) in [6, 6.07) is 11.1. The molecule has 1 N–H and O–H groups in total. The fourth-order valence-corrected chi connectivity index (χ4v) is 5.54. The molecule has 1 fully saturated rings. The lowest BCUT2D eigenvalue weighted by Gasteiger charge is -2.22. The Balaban J connectivity index is 1.41. The molecule has 0 aliphatic carbocycles. The van der Waals surface area contributed by atoms with Gasteiger partial charge < -0.3 is 5.32 Å². The number of benzene rings is 1. The lowest BCUT2D eigenvalue weighted by Crippen LogP contribution is -2.31. The smallest absolute Gasteiger partial charge is 0.103 e. The van der Waals surface area contributed by atoms with E-state index in [2.05, 4.69) is 61.8 Å². The highest BCUT2D eigenvalue weighted by Crippen LogP contribution is 2.37. The SMILES string of the molecule is Cn1ncc2cc(Sc3cc(-c4cnn([C@H]5CCCNC5)c4)cn4ncc(C#N)c34)ccc21. The van der Waals surface area contributed by atoms with Crippen LogP contribution in [0.1, 0.15) is 24.4 Å². The van der Waals surface area contributed by atoms with Crippen molar-refractivity contribution in [2.75, 3.05) is 13.1 Å². The third-order valence-electron chi connectivity index (χ3n) is 6.22. The maximum Gasteiger partial charge on any atom is 0.103 e. The molecule has 8 nitrogen and oxygen atoms in total. The van der Waals surface area contributed by atoms with E-state index in [-0.39, 0.29) is 0 Å². The van der Waals surface area contributed by atoms with Gasteiger partial charge in [0.25, 0.3) is 0 Å². The minimum atomic E-state index is 0.381. The van der Waals surface area contributed by atoms with Crippen LogP contribution in [-0.2, 0) is 7.05 Å². The van der Waals surface area contributed by atoms with Gasteiger partial charge >= 0.3 is 0 Å². The van der Waals surface area contributed by atoms with Gasteiger partial charge in [0.1, 0.15) is 6.07 Å². The van der Waals surface area contributed by atoms with Crippen molar-refractivity contribution in [2.45, 2.75) is 28.7 Å². The molecule has 1 aromatic carbocycles. The summed E-state index contributed by atoms with van der Waals surface area (Å²) in [4.78, 5) is 2.07. The van der Waals surface area contributed by atoms with Crippen molar-refractivity contribution >= 4 is 28.2 Å². The molecule has 164 valence electrons. The minimum absolute atomic E-state index is 0.381. The van der Waals surface area contributed by atoms with Gasteiger partial charge in [0, 0.05) is 52.3 Å². The van der Waals surface area contributed by atoms with Crippen molar-refractivity contribution < 1.29 is 0 Å². The van der Waals surface area contributed by atoms with E-state index in [0.29, 0.717) is 11.6 Å². The summed E-state index contributed by atoms with van der Waals surface area (Å²) < 4.78 is 5.74. The molecule has 1 saturated heterocycles. The van der Waals surface area contributed by atoms with Gasteiger partial charge in [0.15, 0.2) is 0 Å². The van der Waals surface area contributed by atoms with Crippen LogP contribution in [0.25, 0.3) is 27.5 Å². The van der Waals surface area contributed by atoms with Crippen LogP contribution in [0, 0.1) is 11.3 Å². The zero-order chi connectivity index (χ0) is 22.4. The predicted octanol–water partition coefficient (Wildman–Crippen LogP) is 4.03. The maximum atomic E-state index is 9.65. The number of pyridine rings is 1. The quantitative estimate of drug-likeness (QED) is 0.441. The molecule has 0 radical (unpaired) electrons. The van der Waals surface area contributed by atoms with E-state index in [9.17, 15) is 5.26 Å². The monoisotopic (exact) mass is 454 g/mol. The van der Waals surface area contributed by atoms with Crippen LogP contribution in [0.3, 0.4) is 0 Å². The Morgan fingerprint density at radius 2 is 2.03 bits per heavy atom. The highest BCUT2D eigenvalue weighted by molar-refractivity contribution is 7.99. The number of hydrogen-bond acceptors (Lipinski definition) is 6. The molecule has 5 aromatic rings. The molecule has 33 heavy (non-hydrogen) atoms. The van der Waals surface area contributed by atoms with Crippen LogP contribution >= 0.6 is 11.8 Å². The van der Waals surface area contributed by atoms with Crippen LogP contribution in [0.2, 0.25) is 0 Å². The number of aryl methyl sites for hydroxylation is 1. The number of nitrogens with one attached hydrogen (secondary N) is 1. The molecule has 0 saturated carbocycles. The zero-order valence-corrected chi connectivity index (χ0v) is 19.0. The van der Waals surface area contributed by atoms with E-state index >= 15 is 0 Å². The molecule has 0 unspecified atom stereocenters. The Morgan fingerprint density at radius 3 is 2.88 bits per heavy atom. The Kier molecular flexibility index (Phi) is 4.89. The summed E-state index contributed by atoms with van der Waals surface area (Å²) in [5.41, 5.74) is 4.54. The first-order chi connectivity index (χ1) is 16.2. The van der Waals surface area contributed by atoms with E-state index in [4.69, 9.17) is 0 Å². The second-order valence-corrected chi connectivity index (χ2v) is 9.47. The number of nitrogens with zero attached hydrogens (tertiary/aromatic N) is 7. The molecule has 1 aliphatic heterocycles. The standard InChI is InChI=1S/C24H22N8S/c1-30-22-5-4-21(7-16(22)10-27-30)33-23-8-17(14-32-24(23)18(9-25)11-29-32)19-12-28-31(15-19)20-3-2-6-26-13-20/h4-5,7-8,10-12,14-15,20,26H,2-3,6,13H2,1H3/t20-/m0/s1. The molecule has 1 atom stereocenters. The topological polar surface area (TPSA) is 88.8 Å². The number of rotatable bonds is 4. The Hall–Kier alpha value is -3.61. The predicted molar refractivity (Wildman–Crippen MR) is 127 cm³/mol. The van der Waals surface area contributed by atoms with Crippen molar-refractivity contribution in [3.63, 3.8) is 0 Å². The summed E-state index contributed by atoms with van der Waals surface area (Å²) in [7, 11) is 1.94. The van der Waals surface area contributed by atoms with Crippen molar-refractivity contribution in [3.05, 3.63) is 60.8 Å². The number of hydrogen-bond donors (Lipinski definition) is 1. The van der Waals surface area contributed by atoms with E-state index < -0.39 is 0 Å². The normalized spacial score (nSPS) is 16.4. The Labute approximate surface area is 194 Å². The lowest BCUT2D eigenvalue weighted by atomic mass is 10.1. The maximum absolute atomic E-state index is 9.65. The zero-order valence-electron chi connectivity index (χ0n) is 18.1. The van der Waals surface area contributed by atoms with Gasteiger partial charge in [-0.25, -0.2) is 4.52 Å². The molecule has 4 aromatic heterocycles. The minimum Gasteiger partial charge on any atom is -0.315 e. The third kappa shape index (κ3) is 3.57. The molecular formula is C24H22N8S. The summed E-state index contributed by atoms with van der Waals surface area (Å²) in [5.74, 6) is 0. The first kappa shape index (κ1) is 20.0. The van der Waals surface area contributed by atoms with Gasteiger partial charge in [-0.05, 0) is 43.7 Å². The Bertz CT molecular complexity index is 1510. The van der Waals surface area contributed by atoms with Crippen LogP contribution in [-0.4, -0.2) is 42.3 Å². The molecule has 5 heterocycles. The van der Waals surface area contributed by atoms with E-state index in [1.165, 1.54) is 0 Å². The number of fused-ring (bicyclic) bond motifs is 2. The largest absolute Gasteiger partial charge is 0.315 e. The lowest BCUT2D eigenvalue weighted by molar-refractivity contribution is 0.347. The van der Waals surface area contributed by atoms with Gasteiger partial charge in [-0.1, -0.05) is 11.8 Å². The average Bonchev–Trinajstić information content (AvgIpc) is 3.58. The van der Waals surface area contributed by atoms with Gasteiger partial charge in [-0.3, -0.25) is 9.36 Å². The molecule has 0 spiro atoms. The molecule has 0 amide bonds.